The quantitative estimate of drug-likeness (QED) is 0.762. The number of hydrogen-bond donors (Lipinski definition) is 1. The van der Waals surface area contributed by atoms with E-state index in [9.17, 15) is 5.11 Å². The highest BCUT2D eigenvalue weighted by Crippen LogP contribution is 2.48. The Morgan fingerprint density at radius 1 is 1.20 bits per heavy atom. The summed E-state index contributed by atoms with van der Waals surface area (Å²) in [5.74, 6) is 0. The second-order valence-electron chi connectivity index (χ2n) is 6.45. The molecular weight excluding hydrogens is 190 g/mol. The number of likely N-dealkylation sites (tertiary alicyclic amines) is 1. The summed E-state index contributed by atoms with van der Waals surface area (Å²) < 4.78 is 5.23. The standard InChI is InChI=1S/C12H23NO2/c1-10(2)5-13(11(10,3)4)6-12(7-14)8-15-9-12/h14H,5-9H2,1-4H3. The summed E-state index contributed by atoms with van der Waals surface area (Å²) in [5.41, 5.74) is 0.646. The second-order valence-corrected chi connectivity index (χ2v) is 6.45. The van der Waals surface area contributed by atoms with Gasteiger partial charge in [-0.1, -0.05) is 13.8 Å². The number of rotatable bonds is 3. The molecule has 0 bridgehead atoms. The largest absolute Gasteiger partial charge is 0.396 e. The van der Waals surface area contributed by atoms with Crippen molar-refractivity contribution in [3.8, 4) is 0 Å². The van der Waals surface area contributed by atoms with Gasteiger partial charge in [0.25, 0.3) is 0 Å². The molecule has 3 heteroatoms. The number of hydrogen-bond acceptors (Lipinski definition) is 3. The average Bonchev–Trinajstić information content (AvgIpc) is 2.09. The third-order valence-electron chi connectivity index (χ3n) is 4.71. The zero-order chi connectivity index (χ0) is 11.3. The third-order valence-corrected chi connectivity index (χ3v) is 4.71. The fraction of sp³-hybridized carbons (Fsp3) is 1.00. The van der Waals surface area contributed by atoms with Crippen LogP contribution in [0.15, 0.2) is 0 Å². The van der Waals surface area contributed by atoms with Crippen LogP contribution in [0.25, 0.3) is 0 Å². The van der Waals surface area contributed by atoms with E-state index in [0.717, 1.165) is 26.3 Å². The van der Waals surface area contributed by atoms with Crippen molar-refractivity contribution in [3.05, 3.63) is 0 Å². The van der Waals surface area contributed by atoms with E-state index in [1.165, 1.54) is 0 Å². The van der Waals surface area contributed by atoms with Crippen LogP contribution in [0.2, 0.25) is 0 Å². The molecule has 2 heterocycles. The molecule has 15 heavy (non-hydrogen) atoms. The fourth-order valence-corrected chi connectivity index (χ4v) is 2.49. The Bertz CT molecular complexity index is 251. The van der Waals surface area contributed by atoms with Gasteiger partial charge in [-0.25, -0.2) is 0 Å². The minimum atomic E-state index is 0.0216. The van der Waals surface area contributed by atoms with E-state index in [0.29, 0.717) is 5.41 Å². The van der Waals surface area contributed by atoms with Gasteiger partial charge in [0, 0.05) is 18.6 Å². The van der Waals surface area contributed by atoms with Gasteiger partial charge in [-0.2, -0.15) is 0 Å². The lowest BCUT2D eigenvalue weighted by Crippen LogP contribution is -2.72. The van der Waals surface area contributed by atoms with Crippen molar-refractivity contribution >= 4 is 0 Å². The van der Waals surface area contributed by atoms with Crippen LogP contribution in [0.1, 0.15) is 27.7 Å². The normalized spacial score (nSPS) is 31.8. The van der Waals surface area contributed by atoms with Crippen LogP contribution in [0.3, 0.4) is 0 Å². The number of ether oxygens (including phenoxy) is 1. The van der Waals surface area contributed by atoms with Gasteiger partial charge in [-0.15, -0.1) is 0 Å². The third kappa shape index (κ3) is 1.52. The van der Waals surface area contributed by atoms with Crippen LogP contribution in [-0.4, -0.2) is 48.5 Å². The minimum Gasteiger partial charge on any atom is -0.396 e. The maximum atomic E-state index is 9.40. The van der Waals surface area contributed by atoms with E-state index < -0.39 is 0 Å². The molecule has 0 aromatic rings. The van der Waals surface area contributed by atoms with Crippen molar-refractivity contribution in [2.24, 2.45) is 10.8 Å². The molecule has 0 saturated carbocycles. The summed E-state index contributed by atoms with van der Waals surface area (Å²) in [6.07, 6.45) is 0. The Kier molecular flexibility index (Phi) is 2.42. The number of aliphatic hydroxyl groups is 1. The lowest BCUT2D eigenvalue weighted by molar-refractivity contribution is -0.197. The predicted octanol–water partition coefficient (Wildman–Crippen LogP) is 1.12. The van der Waals surface area contributed by atoms with Crippen molar-refractivity contribution in [2.75, 3.05) is 32.9 Å². The first-order valence-electron chi connectivity index (χ1n) is 5.77. The van der Waals surface area contributed by atoms with Crippen molar-refractivity contribution in [3.63, 3.8) is 0 Å². The molecule has 0 amide bonds. The van der Waals surface area contributed by atoms with Crippen molar-refractivity contribution < 1.29 is 9.84 Å². The zero-order valence-electron chi connectivity index (χ0n) is 10.3. The van der Waals surface area contributed by atoms with Gasteiger partial charge in [0.05, 0.1) is 25.2 Å². The first kappa shape index (κ1) is 11.4. The molecule has 1 N–H and O–H groups in total. The Morgan fingerprint density at radius 2 is 1.80 bits per heavy atom. The van der Waals surface area contributed by atoms with Gasteiger partial charge in [0.2, 0.25) is 0 Å². The lowest BCUT2D eigenvalue weighted by atomic mass is 9.64. The highest BCUT2D eigenvalue weighted by molar-refractivity contribution is 5.08. The van der Waals surface area contributed by atoms with E-state index in [4.69, 9.17) is 4.74 Å². The van der Waals surface area contributed by atoms with Gasteiger partial charge in [-0.3, -0.25) is 4.90 Å². The van der Waals surface area contributed by atoms with E-state index in [1.54, 1.807) is 0 Å². The first-order valence-corrected chi connectivity index (χ1v) is 5.77. The van der Waals surface area contributed by atoms with Crippen LogP contribution in [0, 0.1) is 10.8 Å². The fourth-order valence-electron chi connectivity index (χ4n) is 2.49. The molecule has 0 spiro atoms. The molecule has 3 nitrogen and oxygen atoms in total. The lowest BCUT2D eigenvalue weighted by Gasteiger charge is -2.64. The van der Waals surface area contributed by atoms with Gasteiger partial charge in [0.15, 0.2) is 0 Å². The summed E-state index contributed by atoms with van der Waals surface area (Å²) >= 11 is 0. The van der Waals surface area contributed by atoms with Gasteiger partial charge in [-0.05, 0) is 19.3 Å². The van der Waals surface area contributed by atoms with E-state index in [1.807, 2.05) is 0 Å². The van der Waals surface area contributed by atoms with Gasteiger partial charge in [0.1, 0.15) is 0 Å². The van der Waals surface area contributed by atoms with Crippen LogP contribution in [0.4, 0.5) is 0 Å². The van der Waals surface area contributed by atoms with Crippen molar-refractivity contribution in [2.45, 2.75) is 33.2 Å². The molecule has 0 aromatic carbocycles. The maximum absolute atomic E-state index is 9.40. The van der Waals surface area contributed by atoms with E-state index in [2.05, 4.69) is 32.6 Å². The van der Waals surface area contributed by atoms with Crippen LogP contribution >= 0.6 is 0 Å². The molecule has 2 aliphatic rings. The number of aliphatic hydroxyl groups excluding tert-OH is 1. The van der Waals surface area contributed by atoms with Crippen molar-refractivity contribution in [1.29, 1.82) is 0 Å². The Morgan fingerprint density at radius 3 is 2.07 bits per heavy atom. The molecule has 2 rings (SSSR count). The summed E-state index contributed by atoms with van der Waals surface area (Å²) in [6.45, 7) is 13.0. The van der Waals surface area contributed by atoms with Crippen LogP contribution in [0.5, 0.6) is 0 Å². The molecule has 0 atom stereocenters. The Balaban J connectivity index is 1.98. The summed E-state index contributed by atoms with van der Waals surface area (Å²) in [7, 11) is 0. The predicted molar refractivity (Wildman–Crippen MR) is 59.8 cm³/mol. The van der Waals surface area contributed by atoms with Crippen LogP contribution in [-0.2, 0) is 4.74 Å². The molecular formula is C12H23NO2. The maximum Gasteiger partial charge on any atom is 0.0579 e. The smallest absolute Gasteiger partial charge is 0.0579 e. The number of nitrogens with zero attached hydrogens (tertiary/aromatic N) is 1. The molecule has 0 radical (unpaired) electrons. The first-order chi connectivity index (χ1) is 6.83. The van der Waals surface area contributed by atoms with Crippen molar-refractivity contribution in [1.82, 2.24) is 4.90 Å². The SMILES string of the molecule is CC1(C)CN(CC2(CO)COC2)C1(C)C. The average molecular weight is 213 g/mol. The van der Waals surface area contributed by atoms with Crippen LogP contribution < -0.4 is 0 Å². The molecule has 0 aromatic heterocycles. The summed E-state index contributed by atoms with van der Waals surface area (Å²) in [4.78, 5) is 2.48. The molecule has 2 saturated heterocycles. The topological polar surface area (TPSA) is 32.7 Å². The molecule has 2 aliphatic heterocycles. The minimum absolute atomic E-state index is 0.0216. The molecule has 0 unspecified atom stereocenters. The highest BCUT2D eigenvalue weighted by atomic mass is 16.5. The zero-order valence-corrected chi connectivity index (χ0v) is 10.3. The summed E-state index contributed by atoms with van der Waals surface area (Å²) in [6, 6.07) is 0. The molecule has 88 valence electrons. The summed E-state index contributed by atoms with van der Waals surface area (Å²) in [5, 5.41) is 9.40. The van der Waals surface area contributed by atoms with Gasteiger partial charge < -0.3 is 9.84 Å². The molecule has 0 aliphatic carbocycles. The van der Waals surface area contributed by atoms with Gasteiger partial charge >= 0.3 is 0 Å². The monoisotopic (exact) mass is 213 g/mol. The highest BCUT2D eigenvalue weighted by Gasteiger charge is 2.55. The Labute approximate surface area is 92.4 Å². The molecule has 2 fully saturated rings. The van der Waals surface area contributed by atoms with E-state index >= 15 is 0 Å². The van der Waals surface area contributed by atoms with E-state index in [-0.39, 0.29) is 17.6 Å². The Hall–Kier alpha value is -0.120. The second kappa shape index (κ2) is 3.19.